The fraction of sp³-hybridized carbons (Fsp3) is 0.286. The van der Waals surface area contributed by atoms with Crippen LogP contribution in [0.2, 0.25) is 0 Å². The van der Waals surface area contributed by atoms with Crippen LogP contribution >= 0.6 is 0 Å². The number of H-pyrrole nitrogens is 1. The summed E-state index contributed by atoms with van der Waals surface area (Å²) >= 11 is 0. The third-order valence-corrected chi connectivity index (χ3v) is 3.08. The maximum atomic E-state index is 12.3. The minimum atomic E-state index is -0.423. The first-order valence-corrected chi connectivity index (χ1v) is 6.21. The van der Waals surface area contributed by atoms with Crippen LogP contribution in [-0.2, 0) is 4.79 Å². The number of hydrogen-bond acceptors (Lipinski definition) is 3. The van der Waals surface area contributed by atoms with Crippen LogP contribution in [0.3, 0.4) is 0 Å². The summed E-state index contributed by atoms with van der Waals surface area (Å²) in [5, 5.41) is 0.905. The van der Waals surface area contributed by atoms with E-state index in [1.54, 1.807) is 11.1 Å². The summed E-state index contributed by atoms with van der Waals surface area (Å²) in [5.74, 6) is -0.436. The molecule has 1 aromatic carbocycles. The standard InChI is InChI=1S/C14H17N3O2/c1-2-17(9-14(15)19)8-13(18)11-7-16-12-6-4-3-5-10(11)12/h3-7,16H,2,8-9H2,1H3,(H2,15,19). The van der Waals surface area contributed by atoms with E-state index in [-0.39, 0.29) is 18.9 Å². The van der Waals surface area contributed by atoms with Crippen molar-refractivity contribution in [1.82, 2.24) is 9.88 Å². The van der Waals surface area contributed by atoms with Crippen LogP contribution in [0.1, 0.15) is 17.3 Å². The molecule has 2 aromatic rings. The van der Waals surface area contributed by atoms with Gasteiger partial charge >= 0.3 is 0 Å². The Kier molecular flexibility index (Phi) is 3.97. The van der Waals surface area contributed by atoms with Gasteiger partial charge in [0.05, 0.1) is 13.1 Å². The Morgan fingerprint density at radius 1 is 1.26 bits per heavy atom. The summed E-state index contributed by atoms with van der Waals surface area (Å²) in [6.45, 7) is 2.80. The van der Waals surface area contributed by atoms with E-state index in [1.165, 1.54) is 0 Å². The van der Waals surface area contributed by atoms with Crippen molar-refractivity contribution < 1.29 is 9.59 Å². The highest BCUT2D eigenvalue weighted by Gasteiger charge is 2.16. The summed E-state index contributed by atoms with van der Waals surface area (Å²) < 4.78 is 0. The summed E-state index contributed by atoms with van der Waals surface area (Å²) in [7, 11) is 0. The molecule has 19 heavy (non-hydrogen) atoms. The maximum absolute atomic E-state index is 12.3. The van der Waals surface area contributed by atoms with E-state index in [2.05, 4.69) is 4.98 Å². The van der Waals surface area contributed by atoms with Gasteiger partial charge in [-0.15, -0.1) is 0 Å². The van der Waals surface area contributed by atoms with Crippen LogP contribution in [0.4, 0.5) is 0 Å². The second-order valence-electron chi connectivity index (χ2n) is 4.44. The van der Waals surface area contributed by atoms with Gasteiger partial charge in [0.15, 0.2) is 5.78 Å². The number of carbonyl (C=O) groups excluding carboxylic acids is 2. The Bertz CT molecular complexity index is 604. The highest BCUT2D eigenvalue weighted by atomic mass is 16.1. The fourth-order valence-electron chi connectivity index (χ4n) is 2.09. The molecule has 0 atom stereocenters. The molecule has 0 aliphatic rings. The van der Waals surface area contributed by atoms with Gasteiger partial charge in [-0.05, 0) is 12.6 Å². The summed E-state index contributed by atoms with van der Waals surface area (Å²) in [6.07, 6.45) is 1.71. The number of hydrogen-bond donors (Lipinski definition) is 2. The monoisotopic (exact) mass is 259 g/mol. The molecule has 2 rings (SSSR count). The van der Waals surface area contributed by atoms with Crippen molar-refractivity contribution in [3.63, 3.8) is 0 Å². The number of aromatic nitrogens is 1. The van der Waals surface area contributed by atoms with E-state index >= 15 is 0 Å². The molecule has 0 aliphatic heterocycles. The van der Waals surface area contributed by atoms with Gasteiger partial charge in [-0.25, -0.2) is 0 Å². The minimum absolute atomic E-state index is 0.0134. The van der Waals surface area contributed by atoms with E-state index < -0.39 is 5.91 Å². The average Bonchev–Trinajstić information content (AvgIpc) is 2.81. The molecule has 0 aliphatic carbocycles. The number of primary amides is 1. The maximum Gasteiger partial charge on any atom is 0.231 e. The molecule has 5 heteroatoms. The number of nitrogens with one attached hydrogen (secondary N) is 1. The zero-order chi connectivity index (χ0) is 13.8. The largest absolute Gasteiger partial charge is 0.369 e. The first-order chi connectivity index (χ1) is 9.11. The zero-order valence-electron chi connectivity index (χ0n) is 10.8. The van der Waals surface area contributed by atoms with Crippen molar-refractivity contribution in [2.24, 2.45) is 5.73 Å². The lowest BCUT2D eigenvalue weighted by Gasteiger charge is -2.17. The van der Waals surface area contributed by atoms with Gasteiger partial charge < -0.3 is 10.7 Å². The van der Waals surface area contributed by atoms with Gasteiger partial charge in [0.1, 0.15) is 0 Å². The normalized spacial score (nSPS) is 11.1. The van der Waals surface area contributed by atoms with E-state index in [9.17, 15) is 9.59 Å². The van der Waals surface area contributed by atoms with Crippen LogP contribution < -0.4 is 5.73 Å². The number of aromatic amines is 1. The van der Waals surface area contributed by atoms with Gasteiger partial charge in [-0.1, -0.05) is 25.1 Å². The Balaban J connectivity index is 2.17. The number of para-hydroxylation sites is 1. The predicted octanol–water partition coefficient (Wildman–Crippen LogP) is 1.16. The molecule has 0 saturated heterocycles. The number of amides is 1. The van der Waals surface area contributed by atoms with E-state index in [0.29, 0.717) is 12.1 Å². The Morgan fingerprint density at radius 2 is 2.00 bits per heavy atom. The average molecular weight is 259 g/mol. The molecular weight excluding hydrogens is 242 g/mol. The number of carbonyl (C=O) groups is 2. The Morgan fingerprint density at radius 3 is 2.68 bits per heavy atom. The summed E-state index contributed by atoms with van der Waals surface area (Å²) in [6, 6.07) is 7.64. The lowest BCUT2D eigenvalue weighted by Crippen LogP contribution is -2.37. The van der Waals surface area contributed by atoms with Crippen LogP contribution in [-0.4, -0.2) is 41.2 Å². The summed E-state index contributed by atoms with van der Waals surface area (Å²) in [5.41, 5.74) is 6.74. The first kappa shape index (κ1) is 13.3. The molecule has 5 nitrogen and oxygen atoms in total. The van der Waals surface area contributed by atoms with Crippen LogP contribution in [0.25, 0.3) is 10.9 Å². The summed E-state index contributed by atoms with van der Waals surface area (Å²) in [4.78, 5) is 28.0. The molecule has 0 saturated carbocycles. The number of nitrogens with two attached hydrogens (primary N) is 1. The third-order valence-electron chi connectivity index (χ3n) is 3.08. The van der Waals surface area contributed by atoms with Gasteiger partial charge in [0.25, 0.3) is 0 Å². The fourth-order valence-corrected chi connectivity index (χ4v) is 2.09. The van der Waals surface area contributed by atoms with Gasteiger partial charge in [0.2, 0.25) is 5.91 Å². The topological polar surface area (TPSA) is 79.2 Å². The van der Waals surface area contributed by atoms with E-state index in [1.807, 2.05) is 31.2 Å². The number of ketones is 1. The second kappa shape index (κ2) is 5.67. The Labute approximate surface area is 111 Å². The molecule has 100 valence electrons. The molecule has 0 spiro atoms. The molecule has 3 N–H and O–H groups in total. The van der Waals surface area contributed by atoms with Crippen molar-refractivity contribution in [2.45, 2.75) is 6.92 Å². The minimum Gasteiger partial charge on any atom is -0.369 e. The van der Waals surface area contributed by atoms with E-state index in [0.717, 1.165) is 10.9 Å². The molecule has 1 amide bonds. The quantitative estimate of drug-likeness (QED) is 0.764. The molecule has 1 aromatic heterocycles. The number of likely N-dealkylation sites (N-methyl/N-ethyl adjacent to an activating group) is 1. The number of nitrogens with zero attached hydrogens (tertiary/aromatic N) is 1. The molecule has 0 unspecified atom stereocenters. The molecule has 0 bridgehead atoms. The van der Waals surface area contributed by atoms with Crippen molar-refractivity contribution in [1.29, 1.82) is 0 Å². The lowest BCUT2D eigenvalue weighted by molar-refractivity contribution is -0.118. The number of benzene rings is 1. The van der Waals surface area contributed by atoms with Gasteiger partial charge in [-0.2, -0.15) is 0 Å². The number of fused-ring (bicyclic) bond motifs is 1. The zero-order valence-corrected chi connectivity index (χ0v) is 10.8. The van der Waals surface area contributed by atoms with Crippen molar-refractivity contribution in [2.75, 3.05) is 19.6 Å². The highest BCUT2D eigenvalue weighted by Crippen LogP contribution is 2.18. The third kappa shape index (κ3) is 3.00. The molecular formula is C14H17N3O2. The van der Waals surface area contributed by atoms with Gasteiger partial charge in [0, 0.05) is 22.7 Å². The first-order valence-electron chi connectivity index (χ1n) is 6.21. The second-order valence-corrected chi connectivity index (χ2v) is 4.44. The van der Waals surface area contributed by atoms with Crippen LogP contribution in [0, 0.1) is 0 Å². The van der Waals surface area contributed by atoms with E-state index in [4.69, 9.17) is 5.73 Å². The SMILES string of the molecule is CCN(CC(N)=O)CC(=O)c1c[nH]c2ccccc12. The highest BCUT2D eigenvalue weighted by molar-refractivity contribution is 6.08. The van der Waals surface area contributed by atoms with Crippen LogP contribution in [0.15, 0.2) is 30.5 Å². The Hall–Kier alpha value is -2.14. The number of Topliss-reactive ketones (excluding diaryl/α,β-unsaturated/α-hetero) is 1. The van der Waals surface area contributed by atoms with Crippen molar-refractivity contribution in [3.05, 3.63) is 36.0 Å². The van der Waals surface area contributed by atoms with Crippen molar-refractivity contribution in [3.8, 4) is 0 Å². The smallest absolute Gasteiger partial charge is 0.231 e. The number of rotatable bonds is 6. The molecule has 0 fully saturated rings. The van der Waals surface area contributed by atoms with Crippen LogP contribution in [0.5, 0.6) is 0 Å². The predicted molar refractivity (Wildman–Crippen MR) is 73.9 cm³/mol. The lowest BCUT2D eigenvalue weighted by atomic mass is 10.1. The molecule has 1 heterocycles. The molecule has 0 radical (unpaired) electrons. The van der Waals surface area contributed by atoms with Crippen molar-refractivity contribution >= 4 is 22.6 Å². The van der Waals surface area contributed by atoms with Gasteiger partial charge in [-0.3, -0.25) is 14.5 Å².